The first-order valence-electron chi connectivity index (χ1n) is 21.6. The molecule has 0 saturated heterocycles. The monoisotopic (exact) mass is 755 g/mol. The lowest BCUT2D eigenvalue weighted by atomic mass is 9.33. The minimum atomic E-state index is -0.104. The molecule has 1 aliphatic carbocycles. The number of anilines is 5. The van der Waals surface area contributed by atoms with Gasteiger partial charge in [0.25, 0.3) is 6.71 Å². The molecule has 288 valence electrons. The van der Waals surface area contributed by atoms with E-state index in [4.69, 9.17) is 0 Å². The van der Waals surface area contributed by atoms with Crippen molar-refractivity contribution in [1.82, 2.24) is 4.57 Å². The SMILES string of the molecule is CC(C)(C)c1cc2c3c(c1)C1(C)CCCCC1(C)N3c1cc(N(c3ccccc3)c3ccccc3)cc3c1B2c1cccc2c(C(C)(C)C)c(-c4ccccc4)n-3c12. The van der Waals surface area contributed by atoms with Crippen molar-refractivity contribution in [2.45, 2.75) is 103 Å². The molecule has 1 fully saturated rings. The van der Waals surface area contributed by atoms with Crippen LogP contribution in [0.4, 0.5) is 28.4 Å². The van der Waals surface area contributed by atoms with Gasteiger partial charge in [0.05, 0.1) is 16.9 Å². The molecule has 7 aromatic rings. The van der Waals surface area contributed by atoms with Crippen LogP contribution in [-0.4, -0.2) is 16.8 Å². The van der Waals surface area contributed by atoms with Gasteiger partial charge in [-0.25, -0.2) is 0 Å². The molecule has 58 heavy (non-hydrogen) atoms. The van der Waals surface area contributed by atoms with Gasteiger partial charge in [0.2, 0.25) is 0 Å². The zero-order chi connectivity index (χ0) is 39.9. The Morgan fingerprint density at radius 2 is 1.22 bits per heavy atom. The first kappa shape index (κ1) is 35.7. The largest absolute Gasteiger partial charge is 0.335 e. The molecular formula is C54H54BN3. The van der Waals surface area contributed by atoms with Crippen molar-refractivity contribution in [3.8, 4) is 16.9 Å². The number of para-hydroxylation sites is 3. The highest BCUT2D eigenvalue weighted by Gasteiger charge is 2.61. The predicted octanol–water partition coefficient (Wildman–Crippen LogP) is 12.2. The maximum atomic E-state index is 2.89. The molecule has 0 radical (unpaired) electrons. The van der Waals surface area contributed by atoms with Crippen LogP contribution in [0.3, 0.4) is 0 Å². The topological polar surface area (TPSA) is 11.4 Å². The fourth-order valence-corrected chi connectivity index (χ4v) is 11.8. The van der Waals surface area contributed by atoms with E-state index in [-0.39, 0.29) is 28.5 Å². The van der Waals surface area contributed by atoms with Gasteiger partial charge in [-0.3, -0.25) is 0 Å². The summed E-state index contributed by atoms with van der Waals surface area (Å²) in [5.74, 6) is 0. The van der Waals surface area contributed by atoms with Gasteiger partial charge in [-0.2, -0.15) is 0 Å². The maximum Gasteiger partial charge on any atom is 0.252 e. The number of rotatable bonds is 4. The Bertz CT molecular complexity index is 2750. The maximum absolute atomic E-state index is 2.89. The summed E-state index contributed by atoms with van der Waals surface area (Å²) in [4.78, 5) is 5.37. The van der Waals surface area contributed by atoms with Crippen molar-refractivity contribution in [2.24, 2.45) is 0 Å². The van der Waals surface area contributed by atoms with Crippen LogP contribution in [0.5, 0.6) is 0 Å². The molecule has 1 aromatic heterocycles. The Labute approximate surface area is 345 Å². The van der Waals surface area contributed by atoms with Gasteiger partial charge in [-0.1, -0.05) is 158 Å². The third-order valence-electron chi connectivity index (χ3n) is 14.7. The smallest absolute Gasteiger partial charge is 0.252 e. The molecule has 2 atom stereocenters. The summed E-state index contributed by atoms with van der Waals surface area (Å²) in [5, 5.41) is 1.36. The molecule has 4 aliphatic rings. The first-order chi connectivity index (χ1) is 27.8. The van der Waals surface area contributed by atoms with Crippen molar-refractivity contribution in [3.63, 3.8) is 0 Å². The van der Waals surface area contributed by atoms with Gasteiger partial charge in [0.1, 0.15) is 0 Å². The van der Waals surface area contributed by atoms with E-state index in [1.54, 1.807) is 5.56 Å². The quantitative estimate of drug-likeness (QED) is 0.166. The summed E-state index contributed by atoms with van der Waals surface area (Å²) in [6.07, 6.45) is 4.89. The summed E-state index contributed by atoms with van der Waals surface area (Å²) in [5.41, 5.74) is 20.2. The average molecular weight is 756 g/mol. The molecule has 1 saturated carbocycles. The van der Waals surface area contributed by atoms with Crippen LogP contribution in [0.1, 0.15) is 97.8 Å². The molecule has 4 heteroatoms. The van der Waals surface area contributed by atoms with E-state index in [9.17, 15) is 0 Å². The molecule has 3 nitrogen and oxygen atoms in total. The zero-order valence-corrected chi connectivity index (χ0v) is 35.4. The number of aromatic nitrogens is 1. The summed E-state index contributed by atoms with van der Waals surface area (Å²) >= 11 is 0. The molecule has 6 aromatic carbocycles. The van der Waals surface area contributed by atoms with Crippen LogP contribution >= 0.6 is 0 Å². The highest BCUT2D eigenvalue weighted by atomic mass is 15.3. The van der Waals surface area contributed by atoms with Crippen molar-refractivity contribution < 1.29 is 0 Å². The second kappa shape index (κ2) is 12.0. The lowest BCUT2D eigenvalue weighted by Crippen LogP contribution is -2.64. The normalized spacial score (nSPS) is 20.2. The third-order valence-corrected chi connectivity index (χ3v) is 14.7. The third kappa shape index (κ3) is 4.69. The summed E-state index contributed by atoms with van der Waals surface area (Å²) in [6.45, 7) is 19.7. The zero-order valence-electron chi connectivity index (χ0n) is 35.4. The molecule has 3 aliphatic heterocycles. The summed E-state index contributed by atoms with van der Waals surface area (Å²) in [6, 6.07) is 50.8. The van der Waals surface area contributed by atoms with E-state index in [1.807, 2.05) is 0 Å². The summed E-state index contributed by atoms with van der Waals surface area (Å²) in [7, 11) is 0. The van der Waals surface area contributed by atoms with Crippen molar-refractivity contribution in [1.29, 1.82) is 0 Å². The van der Waals surface area contributed by atoms with Crippen LogP contribution in [0, 0.1) is 0 Å². The Balaban J connectivity index is 1.35. The van der Waals surface area contributed by atoms with Gasteiger partial charge >= 0.3 is 0 Å². The lowest BCUT2D eigenvalue weighted by molar-refractivity contribution is 0.195. The fourth-order valence-electron chi connectivity index (χ4n) is 11.8. The Morgan fingerprint density at radius 1 is 0.603 bits per heavy atom. The Hall–Kier alpha value is -5.48. The van der Waals surface area contributed by atoms with Gasteiger partial charge in [0, 0.05) is 44.8 Å². The van der Waals surface area contributed by atoms with Crippen molar-refractivity contribution in [2.75, 3.05) is 9.80 Å². The fraction of sp³-hybridized carbons (Fsp3) is 0.296. The second-order valence-corrected chi connectivity index (χ2v) is 20.1. The van der Waals surface area contributed by atoms with Gasteiger partial charge in [-0.15, -0.1) is 0 Å². The van der Waals surface area contributed by atoms with E-state index in [1.165, 1.54) is 98.1 Å². The minimum Gasteiger partial charge on any atom is -0.335 e. The Morgan fingerprint density at radius 3 is 1.86 bits per heavy atom. The van der Waals surface area contributed by atoms with Crippen LogP contribution in [0.2, 0.25) is 0 Å². The van der Waals surface area contributed by atoms with E-state index in [0.29, 0.717) is 0 Å². The van der Waals surface area contributed by atoms with Gasteiger partial charge in [0.15, 0.2) is 0 Å². The number of hydrogen-bond acceptors (Lipinski definition) is 2. The van der Waals surface area contributed by atoms with E-state index >= 15 is 0 Å². The highest BCUT2D eigenvalue weighted by molar-refractivity contribution is 7.00. The molecule has 11 rings (SSSR count). The number of fused-ring (bicyclic) bond motifs is 7. The van der Waals surface area contributed by atoms with E-state index in [0.717, 1.165) is 11.4 Å². The van der Waals surface area contributed by atoms with Gasteiger partial charge in [-0.05, 0) is 106 Å². The van der Waals surface area contributed by atoms with E-state index < -0.39 is 0 Å². The molecule has 2 unspecified atom stereocenters. The molecular weight excluding hydrogens is 701 g/mol. The van der Waals surface area contributed by atoms with Crippen LogP contribution in [0.15, 0.2) is 133 Å². The second-order valence-electron chi connectivity index (χ2n) is 20.1. The number of benzene rings is 6. The van der Waals surface area contributed by atoms with E-state index in [2.05, 4.69) is 203 Å². The van der Waals surface area contributed by atoms with Crippen molar-refractivity contribution >= 4 is 62.4 Å². The lowest BCUT2D eigenvalue weighted by Gasteiger charge is -2.52. The predicted molar refractivity (Wildman–Crippen MR) is 248 cm³/mol. The van der Waals surface area contributed by atoms with Crippen LogP contribution in [-0.2, 0) is 16.2 Å². The van der Waals surface area contributed by atoms with Crippen molar-refractivity contribution in [3.05, 3.63) is 150 Å². The molecule has 4 heterocycles. The van der Waals surface area contributed by atoms with Crippen LogP contribution in [0.25, 0.3) is 27.8 Å². The van der Waals surface area contributed by atoms with Crippen LogP contribution < -0.4 is 26.2 Å². The molecule has 0 N–H and O–H groups in total. The minimum absolute atomic E-state index is 0.0139. The summed E-state index contributed by atoms with van der Waals surface area (Å²) < 4.78 is 2.70. The standard InChI is InChI=1S/C54H54BN3/c1-51(2,3)36-31-41-50-43(32-36)55-42-28-20-27-40-46(52(4,5)6)48(35-21-12-9-13-22-35)57(49(40)42)44-33-39(56(37-23-14-10-15-24-37)38-25-16-11-17-26-38)34-45(47(44)55)58(50)54(8)30-19-18-29-53(41,54)7/h9-17,20-28,31-34H,18-19,29-30H2,1-8H3. The first-order valence-corrected chi connectivity index (χ1v) is 21.6. The number of nitrogens with zero attached hydrogens (tertiary/aromatic N) is 3. The molecule has 0 amide bonds. The number of hydrogen-bond donors (Lipinski definition) is 0. The average Bonchev–Trinajstić information content (AvgIpc) is 3.68. The molecule has 0 spiro atoms. The molecule has 0 bridgehead atoms. The highest BCUT2D eigenvalue weighted by Crippen LogP contribution is 2.62. The Kier molecular flexibility index (Phi) is 7.40. The van der Waals surface area contributed by atoms with Gasteiger partial charge < -0.3 is 14.4 Å².